The molecule has 1 atom stereocenters. The number of hydrogen-bond donors (Lipinski definition) is 2. The van der Waals surface area contributed by atoms with Crippen molar-refractivity contribution in [3.05, 3.63) is 58.9 Å². The first-order valence-corrected chi connectivity index (χ1v) is 7.00. The van der Waals surface area contributed by atoms with Gasteiger partial charge in [-0.25, -0.2) is 4.39 Å². The van der Waals surface area contributed by atoms with E-state index in [0.29, 0.717) is 5.56 Å². The lowest BCUT2D eigenvalue weighted by Gasteiger charge is -2.17. The molecule has 1 aliphatic rings. The first-order chi connectivity index (χ1) is 9.63. The van der Waals surface area contributed by atoms with Gasteiger partial charge in [-0.1, -0.05) is 12.1 Å². The second-order valence-corrected chi connectivity index (χ2v) is 5.41. The number of hydrogen-bond acceptors (Lipinski definition) is 2. The zero-order chi connectivity index (χ0) is 14.1. The molecule has 2 N–H and O–H groups in total. The van der Waals surface area contributed by atoms with Gasteiger partial charge < -0.3 is 10.4 Å². The van der Waals surface area contributed by atoms with E-state index >= 15 is 0 Å². The molecule has 0 saturated carbocycles. The van der Waals surface area contributed by atoms with Gasteiger partial charge in [-0.15, -0.1) is 0 Å². The van der Waals surface area contributed by atoms with Crippen LogP contribution < -0.4 is 5.32 Å². The molecule has 0 saturated heterocycles. The second-order valence-electron chi connectivity index (χ2n) is 5.41. The summed E-state index contributed by atoms with van der Waals surface area (Å²) < 4.78 is 13.8. The van der Waals surface area contributed by atoms with Crippen molar-refractivity contribution in [1.82, 2.24) is 0 Å². The molecule has 0 radical (unpaired) electrons. The van der Waals surface area contributed by atoms with Crippen molar-refractivity contribution in [3.63, 3.8) is 0 Å². The Bertz CT molecular complexity index is 639. The number of rotatable bonds is 3. The van der Waals surface area contributed by atoms with Crippen LogP contribution in [0, 0.1) is 5.82 Å². The third-order valence-electron chi connectivity index (χ3n) is 3.93. The van der Waals surface area contributed by atoms with Gasteiger partial charge in [-0.2, -0.15) is 0 Å². The van der Waals surface area contributed by atoms with Crippen molar-refractivity contribution in [2.75, 3.05) is 5.32 Å². The Hall–Kier alpha value is -2.03. The Labute approximate surface area is 118 Å². The Morgan fingerprint density at radius 1 is 1.10 bits per heavy atom. The maximum Gasteiger partial charge on any atom is 0.132 e. The summed E-state index contributed by atoms with van der Waals surface area (Å²) in [5.74, 6) is -0.429. The summed E-state index contributed by atoms with van der Waals surface area (Å²) in [6, 6.07) is 10.5. The van der Waals surface area contributed by atoms with E-state index in [1.54, 1.807) is 6.07 Å². The first kappa shape index (κ1) is 13.0. The third kappa shape index (κ3) is 2.48. The second kappa shape index (κ2) is 5.16. The van der Waals surface area contributed by atoms with Crippen molar-refractivity contribution in [2.24, 2.45) is 0 Å². The van der Waals surface area contributed by atoms with Gasteiger partial charge in [0.25, 0.3) is 0 Å². The molecule has 3 rings (SSSR count). The summed E-state index contributed by atoms with van der Waals surface area (Å²) in [4.78, 5) is 0. The molecule has 0 spiro atoms. The van der Waals surface area contributed by atoms with E-state index in [1.807, 2.05) is 6.92 Å². The summed E-state index contributed by atoms with van der Waals surface area (Å²) in [5.41, 5.74) is 4.40. The highest BCUT2D eigenvalue weighted by molar-refractivity contribution is 5.51. The number of anilines is 1. The van der Waals surface area contributed by atoms with E-state index in [0.717, 1.165) is 24.6 Å². The van der Waals surface area contributed by atoms with Crippen LogP contribution in [0.3, 0.4) is 0 Å². The zero-order valence-corrected chi connectivity index (χ0v) is 11.5. The Morgan fingerprint density at radius 2 is 1.90 bits per heavy atom. The Morgan fingerprint density at radius 3 is 2.70 bits per heavy atom. The molecular weight excluding hydrogens is 253 g/mol. The van der Waals surface area contributed by atoms with Crippen molar-refractivity contribution in [2.45, 2.75) is 32.2 Å². The van der Waals surface area contributed by atoms with Crippen molar-refractivity contribution in [3.8, 4) is 5.75 Å². The minimum atomic E-state index is -0.383. The van der Waals surface area contributed by atoms with E-state index in [1.165, 1.54) is 23.6 Å². The van der Waals surface area contributed by atoms with Gasteiger partial charge in [0, 0.05) is 17.3 Å². The highest BCUT2D eigenvalue weighted by Crippen LogP contribution is 2.28. The number of aromatic hydroxyl groups is 1. The van der Waals surface area contributed by atoms with Crippen LogP contribution in [-0.4, -0.2) is 5.11 Å². The van der Waals surface area contributed by atoms with E-state index in [2.05, 4.69) is 23.5 Å². The molecule has 0 fully saturated rings. The largest absolute Gasteiger partial charge is 0.508 e. The summed E-state index contributed by atoms with van der Waals surface area (Å²) in [5, 5.41) is 12.6. The maximum absolute atomic E-state index is 13.8. The van der Waals surface area contributed by atoms with Crippen LogP contribution in [0.4, 0.5) is 10.1 Å². The molecule has 104 valence electrons. The van der Waals surface area contributed by atoms with Gasteiger partial charge in [0.1, 0.15) is 11.6 Å². The van der Waals surface area contributed by atoms with Gasteiger partial charge in [-0.05, 0) is 55.5 Å². The molecule has 0 amide bonds. The highest BCUT2D eigenvalue weighted by Gasteiger charge is 2.14. The van der Waals surface area contributed by atoms with Crippen molar-refractivity contribution >= 4 is 5.69 Å². The third-order valence-corrected chi connectivity index (χ3v) is 3.93. The molecule has 2 aromatic rings. The summed E-state index contributed by atoms with van der Waals surface area (Å²) in [6.45, 7) is 1.92. The van der Waals surface area contributed by atoms with Crippen LogP contribution in [0.1, 0.15) is 36.1 Å². The van der Waals surface area contributed by atoms with E-state index in [4.69, 9.17) is 0 Å². The van der Waals surface area contributed by atoms with Crippen LogP contribution in [0.15, 0.2) is 36.4 Å². The molecule has 0 bridgehead atoms. The standard InChI is InChI=1S/C17H18FNO/c1-11(16-8-7-15(20)10-17(16)18)19-14-6-5-12-3-2-4-13(12)9-14/h5-11,19-20H,2-4H2,1H3. The topological polar surface area (TPSA) is 32.3 Å². The molecule has 0 heterocycles. The highest BCUT2D eigenvalue weighted by atomic mass is 19.1. The van der Waals surface area contributed by atoms with Gasteiger partial charge in [-0.3, -0.25) is 0 Å². The molecule has 0 aromatic heterocycles. The minimum Gasteiger partial charge on any atom is -0.508 e. The van der Waals surface area contributed by atoms with E-state index in [9.17, 15) is 9.50 Å². The van der Waals surface area contributed by atoms with Gasteiger partial charge in [0.15, 0.2) is 0 Å². The number of benzene rings is 2. The number of nitrogens with one attached hydrogen (secondary N) is 1. The van der Waals surface area contributed by atoms with Gasteiger partial charge in [0.2, 0.25) is 0 Å². The summed E-state index contributed by atoms with van der Waals surface area (Å²) in [6.07, 6.45) is 3.52. The molecule has 20 heavy (non-hydrogen) atoms. The van der Waals surface area contributed by atoms with Gasteiger partial charge >= 0.3 is 0 Å². The minimum absolute atomic E-state index is 0.0454. The Kier molecular flexibility index (Phi) is 3.35. The number of phenolic OH excluding ortho intramolecular Hbond substituents is 1. The number of aryl methyl sites for hydroxylation is 2. The number of halogens is 1. The van der Waals surface area contributed by atoms with Crippen LogP contribution in [0.25, 0.3) is 0 Å². The van der Waals surface area contributed by atoms with Crippen LogP contribution in [0.5, 0.6) is 5.75 Å². The number of phenols is 1. The average Bonchev–Trinajstić information content (AvgIpc) is 2.85. The fourth-order valence-electron chi connectivity index (χ4n) is 2.86. The summed E-state index contributed by atoms with van der Waals surface area (Å²) >= 11 is 0. The monoisotopic (exact) mass is 271 g/mol. The molecule has 3 heteroatoms. The lowest BCUT2D eigenvalue weighted by atomic mass is 10.1. The lowest BCUT2D eigenvalue weighted by Crippen LogP contribution is -2.08. The predicted molar refractivity (Wildman–Crippen MR) is 78.6 cm³/mol. The average molecular weight is 271 g/mol. The van der Waals surface area contributed by atoms with Crippen molar-refractivity contribution < 1.29 is 9.50 Å². The van der Waals surface area contributed by atoms with Crippen LogP contribution >= 0.6 is 0 Å². The molecule has 2 nitrogen and oxygen atoms in total. The quantitative estimate of drug-likeness (QED) is 0.877. The molecule has 1 aliphatic carbocycles. The van der Waals surface area contributed by atoms with Crippen LogP contribution in [-0.2, 0) is 12.8 Å². The molecule has 2 aromatic carbocycles. The normalized spacial score (nSPS) is 14.9. The van der Waals surface area contributed by atoms with Crippen molar-refractivity contribution in [1.29, 1.82) is 0 Å². The van der Waals surface area contributed by atoms with E-state index < -0.39 is 0 Å². The predicted octanol–water partition coefficient (Wildman–Crippen LogP) is 4.19. The van der Waals surface area contributed by atoms with E-state index in [-0.39, 0.29) is 17.6 Å². The number of fused-ring (bicyclic) bond motifs is 1. The lowest BCUT2D eigenvalue weighted by molar-refractivity contribution is 0.467. The smallest absolute Gasteiger partial charge is 0.132 e. The Balaban J connectivity index is 1.80. The SMILES string of the molecule is CC(Nc1ccc2c(c1)CCC2)c1ccc(O)cc1F. The molecule has 1 unspecified atom stereocenters. The van der Waals surface area contributed by atoms with Gasteiger partial charge in [0.05, 0.1) is 6.04 Å². The first-order valence-electron chi connectivity index (χ1n) is 7.00. The fraction of sp³-hybridized carbons (Fsp3) is 0.294. The van der Waals surface area contributed by atoms with Crippen LogP contribution in [0.2, 0.25) is 0 Å². The maximum atomic E-state index is 13.8. The molecular formula is C17H18FNO. The zero-order valence-electron chi connectivity index (χ0n) is 11.5. The molecule has 0 aliphatic heterocycles. The summed E-state index contributed by atoms with van der Waals surface area (Å²) in [7, 11) is 0. The fourth-order valence-corrected chi connectivity index (χ4v) is 2.86.